The molecule has 5 nitrogen and oxygen atoms in total. The van der Waals surface area contributed by atoms with Crippen LogP contribution in [0, 0.1) is 13.8 Å². The topological polar surface area (TPSA) is 48.1 Å². The summed E-state index contributed by atoms with van der Waals surface area (Å²) in [4.78, 5) is 1.62. The SMILES string of the molecule is Cc1nn(-c2ccccc2)c(C)c1C[NH2+]C[C@@H]1C[NH+](Cc2ccccc2)CCO1. The molecule has 0 radical (unpaired) electrons. The molecule has 152 valence electrons. The first-order valence-electron chi connectivity index (χ1n) is 10.6. The fraction of sp³-hybridized carbons (Fsp3) is 0.375. The fourth-order valence-electron chi connectivity index (χ4n) is 4.25. The van der Waals surface area contributed by atoms with E-state index in [2.05, 4.69) is 78.4 Å². The molecule has 4 rings (SSSR count). The Morgan fingerprint density at radius 3 is 2.55 bits per heavy atom. The number of ether oxygens (including phenoxy) is 1. The lowest BCUT2D eigenvalue weighted by Gasteiger charge is -2.29. The number of quaternary nitrogens is 2. The van der Waals surface area contributed by atoms with Crippen LogP contribution in [0.1, 0.15) is 22.5 Å². The van der Waals surface area contributed by atoms with Crippen molar-refractivity contribution in [2.24, 2.45) is 0 Å². The van der Waals surface area contributed by atoms with Gasteiger partial charge in [0.15, 0.2) is 6.10 Å². The summed E-state index contributed by atoms with van der Waals surface area (Å²) in [5.41, 5.74) is 6.20. The summed E-state index contributed by atoms with van der Waals surface area (Å²) in [5.74, 6) is 0. The minimum absolute atomic E-state index is 0.312. The van der Waals surface area contributed by atoms with Crippen molar-refractivity contribution in [3.8, 4) is 5.69 Å². The second-order valence-electron chi connectivity index (χ2n) is 7.98. The molecule has 3 N–H and O–H groups in total. The number of hydrogen-bond donors (Lipinski definition) is 2. The van der Waals surface area contributed by atoms with Gasteiger partial charge in [-0.25, -0.2) is 4.68 Å². The van der Waals surface area contributed by atoms with Gasteiger partial charge in [0, 0.05) is 5.56 Å². The first kappa shape index (κ1) is 19.8. The summed E-state index contributed by atoms with van der Waals surface area (Å²) in [7, 11) is 0. The Bertz CT molecular complexity index is 907. The van der Waals surface area contributed by atoms with E-state index in [0.717, 1.165) is 50.7 Å². The van der Waals surface area contributed by atoms with Gasteiger partial charge in [-0.05, 0) is 26.0 Å². The maximum absolute atomic E-state index is 6.05. The number of nitrogens with zero attached hydrogens (tertiary/aromatic N) is 2. The van der Waals surface area contributed by atoms with Gasteiger partial charge in [0.25, 0.3) is 0 Å². The number of aromatic nitrogens is 2. The molecular formula is C24H32N4O+2. The summed E-state index contributed by atoms with van der Waals surface area (Å²) < 4.78 is 8.10. The largest absolute Gasteiger partial charge is 0.361 e. The summed E-state index contributed by atoms with van der Waals surface area (Å²) in [6, 6.07) is 21.1. The van der Waals surface area contributed by atoms with E-state index in [9.17, 15) is 0 Å². The van der Waals surface area contributed by atoms with Crippen molar-refractivity contribution in [1.82, 2.24) is 9.78 Å². The third kappa shape index (κ3) is 4.93. The molecule has 2 heterocycles. The van der Waals surface area contributed by atoms with Gasteiger partial charge in [-0.3, -0.25) is 0 Å². The molecular weight excluding hydrogens is 360 g/mol. The second-order valence-corrected chi connectivity index (χ2v) is 7.98. The van der Waals surface area contributed by atoms with Crippen LogP contribution in [0.5, 0.6) is 0 Å². The normalized spacial score (nSPS) is 19.4. The molecule has 1 fully saturated rings. The lowest BCUT2D eigenvalue weighted by Crippen LogP contribution is -3.14. The highest BCUT2D eigenvalue weighted by atomic mass is 16.5. The van der Waals surface area contributed by atoms with Crippen LogP contribution in [-0.2, 0) is 17.8 Å². The van der Waals surface area contributed by atoms with Crippen LogP contribution in [-0.4, -0.2) is 42.1 Å². The van der Waals surface area contributed by atoms with Gasteiger partial charge in [-0.2, -0.15) is 5.10 Å². The van der Waals surface area contributed by atoms with E-state index in [1.807, 2.05) is 6.07 Å². The van der Waals surface area contributed by atoms with Gasteiger partial charge < -0.3 is 15.0 Å². The molecule has 1 saturated heterocycles. The zero-order valence-electron chi connectivity index (χ0n) is 17.5. The highest BCUT2D eigenvalue weighted by molar-refractivity contribution is 5.36. The Morgan fingerprint density at radius 1 is 1.07 bits per heavy atom. The number of benzene rings is 2. The van der Waals surface area contributed by atoms with Crippen LogP contribution in [0.15, 0.2) is 60.7 Å². The second kappa shape index (κ2) is 9.35. The number of aryl methyl sites for hydroxylation is 1. The maximum atomic E-state index is 6.05. The Balaban J connectivity index is 1.31. The standard InChI is InChI=1S/C24H30N4O/c1-19-24(20(2)28(26-19)22-11-7-4-8-12-22)16-25-15-23-18-27(13-14-29-23)17-21-9-5-3-6-10-21/h3-12,23,25H,13-18H2,1-2H3/p+2/t23-/m1/s1. The summed E-state index contributed by atoms with van der Waals surface area (Å²) >= 11 is 0. The van der Waals surface area contributed by atoms with Crippen molar-refractivity contribution in [2.45, 2.75) is 33.0 Å². The minimum atomic E-state index is 0.312. The monoisotopic (exact) mass is 392 g/mol. The Hall–Kier alpha value is -2.47. The zero-order valence-corrected chi connectivity index (χ0v) is 17.5. The molecule has 29 heavy (non-hydrogen) atoms. The smallest absolute Gasteiger partial charge is 0.155 e. The summed E-state index contributed by atoms with van der Waals surface area (Å²) in [6.45, 7) is 10.3. The van der Waals surface area contributed by atoms with Crippen molar-refractivity contribution in [3.63, 3.8) is 0 Å². The van der Waals surface area contributed by atoms with Gasteiger partial charge in [0.05, 0.1) is 29.2 Å². The molecule has 3 aromatic rings. The average Bonchev–Trinajstić information content (AvgIpc) is 3.04. The molecule has 1 aromatic heterocycles. The van der Waals surface area contributed by atoms with E-state index in [1.54, 1.807) is 4.90 Å². The van der Waals surface area contributed by atoms with Gasteiger partial charge in [0.1, 0.15) is 32.7 Å². The van der Waals surface area contributed by atoms with Gasteiger partial charge >= 0.3 is 0 Å². The number of nitrogens with one attached hydrogen (secondary N) is 1. The minimum Gasteiger partial charge on any atom is -0.361 e. The summed E-state index contributed by atoms with van der Waals surface area (Å²) in [6.07, 6.45) is 0.312. The molecule has 1 aliphatic rings. The van der Waals surface area contributed by atoms with Crippen LogP contribution in [0.4, 0.5) is 0 Å². The van der Waals surface area contributed by atoms with Crippen LogP contribution in [0.2, 0.25) is 0 Å². The molecule has 0 aliphatic carbocycles. The average molecular weight is 393 g/mol. The van der Waals surface area contributed by atoms with Gasteiger partial charge in [0.2, 0.25) is 0 Å². The van der Waals surface area contributed by atoms with Crippen LogP contribution in [0.25, 0.3) is 5.69 Å². The maximum Gasteiger partial charge on any atom is 0.155 e. The molecule has 0 spiro atoms. The lowest BCUT2D eigenvalue weighted by molar-refractivity contribution is -0.927. The predicted octanol–water partition coefficient (Wildman–Crippen LogP) is 1.04. The number of hydrogen-bond acceptors (Lipinski definition) is 2. The van der Waals surface area contributed by atoms with E-state index in [0.29, 0.717) is 6.10 Å². The lowest BCUT2D eigenvalue weighted by atomic mass is 10.1. The van der Waals surface area contributed by atoms with Crippen LogP contribution in [0.3, 0.4) is 0 Å². The number of para-hydroxylation sites is 1. The Labute approximate surface area is 173 Å². The predicted molar refractivity (Wildman–Crippen MR) is 114 cm³/mol. The van der Waals surface area contributed by atoms with Crippen molar-refractivity contribution < 1.29 is 15.0 Å². The van der Waals surface area contributed by atoms with E-state index < -0.39 is 0 Å². The molecule has 1 aliphatic heterocycles. The van der Waals surface area contributed by atoms with Gasteiger partial charge in [-0.15, -0.1) is 0 Å². The molecule has 0 saturated carbocycles. The third-order valence-corrected chi connectivity index (χ3v) is 5.84. The molecule has 5 heteroatoms. The first-order valence-corrected chi connectivity index (χ1v) is 10.6. The highest BCUT2D eigenvalue weighted by Crippen LogP contribution is 2.16. The zero-order chi connectivity index (χ0) is 20.1. The molecule has 2 atom stereocenters. The van der Waals surface area contributed by atoms with Gasteiger partial charge in [-0.1, -0.05) is 48.5 Å². The first-order chi connectivity index (χ1) is 14.2. The summed E-state index contributed by atoms with van der Waals surface area (Å²) in [5, 5.41) is 7.14. The van der Waals surface area contributed by atoms with Crippen molar-refractivity contribution in [1.29, 1.82) is 0 Å². The van der Waals surface area contributed by atoms with Crippen LogP contribution < -0.4 is 10.2 Å². The number of nitrogens with two attached hydrogens (primary N) is 1. The van der Waals surface area contributed by atoms with Crippen LogP contribution >= 0.6 is 0 Å². The van der Waals surface area contributed by atoms with E-state index in [1.165, 1.54) is 16.8 Å². The van der Waals surface area contributed by atoms with Crippen molar-refractivity contribution >= 4 is 0 Å². The number of rotatable bonds is 7. The van der Waals surface area contributed by atoms with E-state index in [4.69, 9.17) is 9.84 Å². The molecule has 1 unspecified atom stereocenters. The number of morpholine rings is 1. The fourth-order valence-corrected chi connectivity index (χ4v) is 4.25. The third-order valence-electron chi connectivity index (χ3n) is 5.84. The van der Waals surface area contributed by atoms with Crippen molar-refractivity contribution in [3.05, 3.63) is 83.2 Å². The highest BCUT2D eigenvalue weighted by Gasteiger charge is 2.25. The van der Waals surface area contributed by atoms with E-state index in [-0.39, 0.29) is 0 Å². The molecule has 2 aromatic carbocycles. The van der Waals surface area contributed by atoms with Crippen molar-refractivity contribution in [2.75, 3.05) is 26.2 Å². The van der Waals surface area contributed by atoms with E-state index >= 15 is 0 Å². The Morgan fingerprint density at radius 2 is 1.79 bits per heavy atom. The Kier molecular flexibility index (Phi) is 6.39. The molecule has 0 amide bonds. The molecule has 0 bridgehead atoms. The quantitative estimate of drug-likeness (QED) is 0.631.